The van der Waals surface area contributed by atoms with Gasteiger partial charge in [-0.2, -0.15) is 0 Å². The van der Waals surface area contributed by atoms with Crippen LogP contribution in [0.5, 0.6) is 0 Å². The Morgan fingerprint density at radius 3 is 2.55 bits per heavy atom. The number of nitrogens with zero attached hydrogens (tertiary/aromatic N) is 1. The van der Waals surface area contributed by atoms with Crippen LogP contribution < -0.4 is 5.73 Å². The Hall–Kier alpha value is 0.0800. The number of nitrogens with two attached hydrogens (primary N) is 1. The molecular weight excluding hydrogens is 206 g/mol. The van der Waals surface area contributed by atoms with E-state index < -0.39 is 0 Å². The molecule has 0 fully saturated rings. The van der Waals surface area contributed by atoms with Crippen molar-refractivity contribution in [3.8, 4) is 0 Å². The van der Waals surface area contributed by atoms with E-state index in [9.17, 15) is 0 Å². The normalized spacial score (nSPS) is 13.7. The number of hydrogen-bond donors (Lipinski definition) is 1. The summed E-state index contributed by atoms with van der Waals surface area (Å²) in [6.07, 6.45) is 2.10. The lowest BCUT2D eigenvalue weighted by molar-refractivity contribution is 1.23. The van der Waals surface area contributed by atoms with Crippen molar-refractivity contribution in [1.29, 1.82) is 0 Å². The van der Waals surface area contributed by atoms with E-state index in [1.165, 1.54) is 0 Å². The molecule has 0 aliphatic carbocycles. The molecule has 64 valence electrons. The number of hydrogen-bond acceptors (Lipinski definition) is 1. The number of rotatable bonds is 4. The molecular formula is C6H9Cl3N2. The number of alkyl halides is 2. The highest BCUT2D eigenvalue weighted by Gasteiger charge is 1.91. The number of aliphatic imine (C=N–C) groups is 1. The number of allylic oxidation sites excluding steroid dienone is 1. The van der Waals surface area contributed by atoms with Crippen molar-refractivity contribution in [1.82, 2.24) is 0 Å². The van der Waals surface area contributed by atoms with Crippen LogP contribution in [-0.2, 0) is 0 Å². The summed E-state index contributed by atoms with van der Waals surface area (Å²) >= 11 is 16.3. The average molecular weight is 216 g/mol. The van der Waals surface area contributed by atoms with Crippen molar-refractivity contribution in [2.45, 2.75) is 6.42 Å². The third-order valence-corrected chi connectivity index (χ3v) is 1.43. The molecule has 2 N–H and O–H groups in total. The summed E-state index contributed by atoms with van der Waals surface area (Å²) < 4.78 is 0. The van der Waals surface area contributed by atoms with Gasteiger partial charge in [0.1, 0.15) is 11.0 Å². The highest BCUT2D eigenvalue weighted by atomic mass is 35.5. The van der Waals surface area contributed by atoms with Gasteiger partial charge in [-0.05, 0) is 6.08 Å². The zero-order chi connectivity index (χ0) is 8.69. The maximum absolute atomic E-state index is 5.58. The first kappa shape index (κ1) is 11.1. The topological polar surface area (TPSA) is 38.4 Å². The molecule has 0 spiro atoms. The summed E-state index contributed by atoms with van der Waals surface area (Å²) in [4.78, 5) is 3.81. The predicted molar refractivity (Wildman–Crippen MR) is 51.6 cm³/mol. The third-order valence-electron chi connectivity index (χ3n) is 0.847. The molecule has 0 atom stereocenters. The van der Waals surface area contributed by atoms with Gasteiger partial charge in [-0.1, -0.05) is 11.6 Å². The summed E-state index contributed by atoms with van der Waals surface area (Å²) in [5, 5.41) is 0.308. The Morgan fingerprint density at radius 2 is 2.09 bits per heavy atom. The van der Waals surface area contributed by atoms with Gasteiger partial charge in [-0.15, -0.1) is 23.2 Å². The number of halogens is 3. The molecule has 0 unspecified atom stereocenters. The first-order valence-corrected chi connectivity index (χ1v) is 4.46. The molecule has 0 aromatic heterocycles. The van der Waals surface area contributed by atoms with E-state index in [0.717, 1.165) is 0 Å². The zero-order valence-corrected chi connectivity index (χ0v) is 8.12. The van der Waals surface area contributed by atoms with Crippen LogP contribution in [0.4, 0.5) is 0 Å². The van der Waals surface area contributed by atoms with E-state index in [2.05, 4.69) is 4.99 Å². The van der Waals surface area contributed by atoms with Gasteiger partial charge in [0.15, 0.2) is 0 Å². The van der Waals surface area contributed by atoms with E-state index in [-0.39, 0.29) is 0 Å². The fourth-order valence-corrected chi connectivity index (χ4v) is 1.00. The first-order valence-electron chi connectivity index (χ1n) is 3.01. The minimum atomic E-state index is 0.308. The second-order valence-electron chi connectivity index (χ2n) is 1.72. The monoisotopic (exact) mass is 214 g/mol. The SMILES string of the molecule is N/C(CCCl)=N\C(Cl)=C\CCl. The minimum Gasteiger partial charge on any atom is -0.387 e. The summed E-state index contributed by atoms with van der Waals surface area (Å²) in [6.45, 7) is 0. The molecule has 2 nitrogen and oxygen atoms in total. The molecule has 0 saturated carbocycles. The summed E-state index contributed by atoms with van der Waals surface area (Å²) in [6, 6.07) is 0. The third kappa shape index (κ3) is 6.48. The summed E-state index contributed by atoms with van der Waals surface area (Å²) in [5.41, 5.74) is 5.41. The Bertz CT molecular complexity index is 165. The molecule has 0 aromatic rings. The number of amidine groups is 1. The van der Waals surface area contributed by atoms with Crippen LogP contribution in [0.15, 0.2) is 16.2 Å². The molecule has 0 heterocycles. The quantitative estimate of drug-likeness (QED) is 0.332. The highest BCUT2D eigenvalue weighted by molar-refractivity contribution is 6.30. The second-order valence-corrected chi connectivity index (χ2v) is 2.80. The van der Waals surface area contributed by atoms with Crippen LogP contribution >= 0.6 is 34.8 Å². The molecule has 11 heavy (non-hydrogen) atoms. The van der Waals surface area contributed by atoms with Crippen molar-refractivity contribution >= 4 is 40.6 Å². The van der Waals surface area contributed by atoms with Gasteiger partial charge in [-0.3, -0.25) is 0 Å². The second kappa shape index (κ2) is 6.77. The minimum absolute atomic E-state index is 0.308. The highest BCUT2D eigenvalue weighted by Crippen LogP contribution is 2.03. The molecule has 0 aromatic carbocycles. The summed E-state index contributed by atoms with van der Waals surface area (Å²) in [5.74, 6) is 1.20. The fraction of sp³-hybridized carbons (Fsp3) is 0.500. The van der Waals surface area contributed by atoms with E-state index in [1.54, 1.807) is 6.08 Å². The van der Waals surface area contributed by atoms with Crippen LogP contribution in [0.1, 0.15) is 6.42 Å². The largest absolute Gasteiger partial charge is 0.387 e. The lowest BCUT2D eigenvalue weighted by atomic mass is 10.4. The smallest absolute Gasteiger partial charge is 0.128 e. The van der Waals surface area contributed by atoms with Gasteiger partial charge in [0.05, 0.1) is 0 Å². The predicted octanol–water partition coefficient (Wildman–Crippen LogP) is 2.29. The Balaban J connectivity index is 3.96. The Morgan fingerprint density at radius 1 is 1.45 bits per heavy atom. The Kier molecular flexibility index (Phi) is 6.82. The molecule has 0 saturated heterocycles. The molecule has 5 heteroatoms. The molecule has 0 aliphatic rings. The van der Waals surface area contributed by atoms with Gasteiger partial charge in [0.2, 0.25) is 0 Å². The molecule has 0 radical (unpaired) electrons. The van der Waals surface area contributed by atoms with Gasteiger partial charge in [0, 0.05) is 18.2 Å². The van der Waals surface area contributed by atoms with Crippen LogP contribution in [0.25, 0.3) is 0 Å². The first-order chi connectivity index (χ1) is 5.20. The van der Waals surface area contributed by atoms with Crippen LogP contribution in [-0.4, -0.2) is 17.6 Å². The molecule has 0 amide bonds. The van der Waals surface area contributed by atoms with Crippen molar-refractivity contribution in [2.24, 2.45) is 10.7 Å². The average Bonchev–Trinajstić information content (AvgIpc) is 1.87. The molecule has 0 bridgehead atoms. The van der Waals surface area contributed by atoms with Crippen molar-refractivity contribution in [2.75, 3.05) is 11.8 Å². The summed E-state index contributed by atoms with van der Waals surface area (Å²) in [7, 11) is 0. The van der Waals surface area contributed by atoms with Crippen molar-refractivity contribution in [3.05, 3.63) is 11.2 Å². The zero-order valence-electron chi connectivity index (χ0n) is 5.86. The molecule has 0 aliphatic heterocycles. The lowest BCUT2D eigenvalue weighted by Gasteiger charge is -1.94. The van der Waals surface area contributed by atoms with E-state index >= 15 is 0 Å². The fourth-order valence-electron chi connectivity index (χ4n) is 0.399. The molecule has 0 rings (SSSR count). The Labute approximate surface area is 81.0 Å². The van der Waals surface area contributed by atoms with E-state index in [0.29, 0.717) is 29.2 Å². The van der Waals surface area contributed by atoms with Crippen LogP contribution in [0, 0.1) is 0 Å². The van der Waals surface area contributed by atoms with Crippen LogP contribution in [0.2, 0.25) is 0 Å². The van der Waals surface area contributed by atoms with Crippen LogP contribution in [0.3, 0.4) is 0 Å². The van der Waals surface area contributed by atoms with Crippen molar-refractivity contribution < 1.29 is 0 Å². The van der Waals surface area contributed by atoms with Gasteiger partial charge in [-0.25, -0.2) is 4.99 Å². The maximum Gasteiger partial charge on any atom is 0.128 e. The standard InChI is InChI=1S/C6H9Cl3N2/c7-3-1-5(9)11-6(10)2-4-8/h1H,2-4H2,(H2,10,11)/b5-1+. The van der Waals surface area contributed by atoms with E-state index in [4.69, 9.17) is 40.5 Å². The van der Waals surface area contributed by atoms with Gasteiger partial charge in [0.25, 0.3) is 0 Å². The lowest BCUT2D eigenvalue weighted by Crippen LogP contribution is -2.11. The van der Waals surface area contributed by atoms with Gasteiger partial charge >= 0.3 is 0 Å². The van der Waals surface area contributed by atoms with Crippen molar-refractivity contribution in [3.63, 3.8) is 0 Å². The van der Waals surface area contributed by atoms with Gasteiger partial charge < -0.3 is 5.73 Å². The maximum atomic E-state index is 5.58. The van der Waals surface area contributed by atoms with E-state index in [1.807, 2.05) is 0 Å².